The number of nitrogens with two attached hydrogens (primary N) is 1. The highest BCUT2D eigenvalue weighted by molar-refractivity contribution is 8.18. The zero-order valence-electron chi connectivity index (χ0n) is 14.4. The minimum atomic E-state index is -0.764. The second-order valence-electron chi connectivity index (χ2n) is 5.79. The molecule has 1 aliphatic heterocycles. The van der Waals surface area contributed by atoms with E-state index < -0.39 is 29.4 Å². The van der Waals surface area contributed by atoms with Crippen molar-refractivity contribution in [1.29, 1.82) is 0 Å². The maximum atomic E-state index is 13.8. The number of benzene rings is 2. The fraction of sp³-hybridized carbons (Fsp3) is 0.105. The molecule has 1 saturated heterocycles. The Kier molecular flexibility index (Phi) is 6.01. The van der Waals surface area contributed by atoms with E-state index in [4.69, 9.17) is 22.1 Å². The molecule has 0 bridgehead atoms. The molecule has 0 saturated carbocycles. The lowest BCUT2D eigenvalue weighted by Gasteiger charge is -2.09. The highest BCUT2D eigenvalue weighted by atomic mass is 35.5. The summed E-state index contributed by atoms with van der Waals surface area (Å²) in [7, 11) is 0. The monoisotopic (exact) mass is 420 g/mol. The van der Waals surface area contributed by atoms with E-state index in [1.165, 1.54) is 18.2 Å². The van der Waals surface area contributed by atoms with Crippen LogP contribution in [0.15, 0.2) is 47.4 Å². The molecule has 0 aliphatic carbocycles. The van der Waals surface area contributed by atoms with Crippen LogP contribution in [0, 0.1) is 5.82 Å². The molecule has 2 aromatic carbocycles. The third kappa shape index (κ3) is 4.52. The maximum absolute atomic E-state index is 13.8. The average Bonchev–Trinajstić information content (AvgIpc) is 2.90. The van der Waals surface area contributed by atoms with Crippen LogP contribution in [0.1, 0.15) is 11.1 Å². The standard InChI is InChI=1S/C19H14ClFN2O4S/c20-14-2-1-3-15(21)13(14)10-27-12-6-4-11(5-7-12)8-16-18(25)23(9-17(22)24)19(26)28-16/h1-8H,9-10H2,(H2,22,24)/b16-8-. The van der Waals surface area contributed by atoms with Gasteiger partial charge in [-0.25, -0.2) is 4.39 Å². The van der Waals surface area contributed by atoms with Gasteiger partial charge in [0.1, 0.15) is 24.7 Å². The zero-order valence-corrected chi connectivity index (χ0v) is 15.9. The number of imide groups is 1. The Morgan fingerprint density at radius 2 is 1.93 bits per heavy atom. The molecular weight excluding hydrogens is 407 g/mol. The fourth-order valence-electron chi connectivity index (χ4n) is 2.43. The van der Waals surface area contributed by atoms with E-state index in [-0.39, 0.29) is 22.1 Å². The summed E-state index contributed by atoms with van der Waals surface area (Å²) < 4.78 is 19.3. The predicted octanol–water partition coefficient (Wildman–Crippen LogP) is 3.58. The number of carbonyl (C=O) groups is 3. The Bertz CT molecular complexity index is 958. The van der Waals surface area contributed by atoms with Crippen LogP contribution in [0.25, 0.3) is 6.08 Å². The molecule has 0 spiro atoms. The van der Waals surface area contributed by atoms with Crippen molar-refractivity contribution in [3.05, 3.63) is 69.3 Å². The quantitative estimate of drug-likeness (QED) is 0.721. The van der Waals surface area contributed by atoms with Crippen molar-refractivity contribution in [2.24, 2.45) is 5.73 Å². The maximum Gasteiger partial charge on any atom is 0.294 e. The molecular formula is C19H14ClFN2O4S. The van der Waals surface area contributed by atoms with Gasteiger partial charge < -0.3 is 10.5 Å². The fourth-order valence-corrected chi connectivity index (χ4v) is 3.49. The molecule has 28 heavy (non-hydrogen) atoms. The van der Waals surface area contributed by atoms with Gasteiger partial charge in [0.2, 0.25) is 5.91 Å². The molecule has 0 radical (unpaired) electrons. The molecule has 1 fully saturated rings. The van der Waals surface area contributed by atoms with Gasteiger partial charge in [0, 0.05) is 5.56 Å². The number of hydrogen-bond acceptors (Lipinski definition) is 5. The van der Waals surface area contributed by atoms with Gasteiger partial charge in [-0.05, 0) is 47.7 Å². The molecule has 1 aliphatic rings. The summed E-state index contributed by atoms with van der Waals surface area (Å²) in [6.07, 6.45) is 1.53. The normalized spacial score (nSPS) is 15.4. The van der Waals surface area contributed by atoms with Crippen molar-refractivity contribution < 1.29 is 23.5 Å². The number of amides is 3. The summed E-state index contributed by atoms with van der Waals surface area (Å²) in [5.41, 5.74) is 5.96. The number of thioether (sulfide) groups is 1. The molecule has 0 unspecified atom stereocenters. The number of ether oxygens (including phenoxy) is 1. The van der Waals surface area contributed by atoms with E-state index in [0.717, 1.165) is 16.7 Å². The van der Waals surface area contributed by atoms with E-state index in [1.54, 1.807) is 30.3 Å². The second-order valence-corrected chi connectivity index (χ2v) is 7.19. The van der Waals surface area contributed by atoms with Crippen molar-refractivity contribution in [2.75, 3.05) is 6.54 Å². The lowest BCUT2D eigenvalue weighted by molar-refractivity contribution is -0.127. The Balaban J connectivity index is 1.68. The molecule has 144 valence electrons. The highest BCUT2D eigenvalue weighted by Crippen LogP contribution is 2.32. The first-order valence-corrected chi connectivity index (χ1v) is 9.24. The molecule has 2 aromatic rings. The Morgan fingerprint density at radius 3 is 2.57 bits per heavy atom. The average molecular weight is 421 g/mol. The minimum Gasteiger partial charge on any atom is -0.489 e. The summed E-state index contributed by atoms with van der Waals surface area (Å²) in [6, 6.07) is 11.1. The number of rotatable bonds is 6. The van der Waals surface area contributed by atoms with Crippen molar-refractivity contribution in [2.45, 2.75) is 6.61 Å². The first kappa shape index (κ1) is 19.9. The van der Waals surface area contributed by atoms with E-state index in [1.807, 2.05) is 0 Å². The molecule has 0 atom stereocenters. The molecule has 3 rings (SSSR count). The van der Waals surface area contributed by atoms with Crippen LogP contribution in [0.2, 0.25) is 5.02 Å². The largest absolute Gasteiger partial charge is 0.489 e. The summed E-state index contributed by atoms with van der Waals surface area (Å²) in [6.45, 7) is -0.482. The first-order valence-electron chi connectivity index (χ1n) is 8.04. The van der Waals surface area contributed by atoms with Gasteiger partial charge in [0.05, 0.1) is 9.93 Å². The Morgan fingerprint density at radius 1 is 1.21 bits per heavy atom. The second kappa shape index (κ2) is 8.45. The van der Waals surface area contributed by atoms with Crippen molar-refractivity contribution >= 4 is 46.5 Å². The van der Waals surface area contributed by atoms with Crippen molar-refractivity contribution in [3.63, 3.8) is 0 Å². The van der Waals surface area contributed by atoms with E-state index in [2.05, 4.69) is 0 Å². The summed E-state index contributed by atoms with van der Waals surface area (Å²) in [5.74, 6) is -1.29. The van der Waals surface area contributed by atoms with Gasteiger partial charge in [-0.3, -0.25) is 19.3 Å². The van der Waals surface area contributed by atoms with Crippen LogP contribution < -0.4 is 10.5 Å². The van der Waals surface area contributed by atoms with Gasteiger partial charge in [0.15, 0.2) is 0 Å². The molecule has 9 heteroatoms. The first-order chi connectivity index (χ1) is 13.3. The number of halogens is 2. The molecule has 6 nitrogen and oxygen atoms in total. The van der Waals surface area contributed by atoms with E-state index in [9.17, 15) is 18.8 Å². The Labute approximate surface area is 169 Å². The van der Waals surface area contributed by atoms with Crippen LogP contribution >= 0.6 is 23.4 Å². The van der Waals surface area contributed by atoms with Gasteiger partial charge in [-0.1, -0.05) is 29.8 Å². The van der Waals surface area contributed by atoms with Crippen LogP contribution in [0.5, 0.6) is 5.75 Å². The number of nitrogens with zero attached hydrogens (tertiary/aromatic N) is 1. The van der Waals surface area contributed by atoms with Crippen molar-refractivity contribution in [1.82, 2.24) is 4.90 Å². The summed E-state index contributed by atoms with van der Waals surface area (Å²) in [4.78, 5) is 35.9. The SMILES string of the molecule is NC(=O)CN1C(=O)S/C(=C\c2ccc(OCc3c(F)cccc3Cl)cc2)C1=O. The summed E-state index contributed by atoms with van der Waals surface area (Å²) in [5, 5.41) is -0.264. The van der Waals surface area contributed by atoms with Gasteiger partial charge in [-0.2, -0.15) is 0 Å². The smallest absolute Gasteiger partial charge is 0.294 e. The topological polar surface area (TPSA) is 89.7 Å². The summed E-state index contributed by atoms with van der Waals surface area (Å²) >= 11 is 6.70. The lowest BCUT2D eigenvalue weighted by Crippen LogP contribution is -2.36. The van der Waals surface area contributed by atoms with E-state index >= 15 is 0 Å². The van der Waals surface area contributed by atoms with Crippen LogP contribution in [-0.4, -0.2) is 28.5 Å². The molecule has 2 N–H and O–H groups in total. The number of hydrogen-bond donors (Lipinski definition) is 1. The van der Waals surface area contributed by atoms with Crippen LogP contribution in [0.3, 0.4) is 0 Å². The lowest BCUT2D eigenvalue weighted by atomic mass is 10.2. The molecule has 0 aromatic heterocycles. The highest BCUT2D eigenvalue weighted by Gasteiger charge is 2.35. The Hall–Kier alpha value is -2.84. The molecule has 1 heterocycles. The van der Waals surface area contributed by atoms with Crippen molar-refractivity contribution in [3.8, 4) is 5.75 Å². The van der Waals surface area contributed by atoms with Gasteiger partial charge >= 0.3 is 0 Å². The third-order valence-electron chi connectivity index (χ3n) is 3.81. The van der Waals surface area contributed by atoms with E-state index in [0.29, 0.717) is 11.3 Å². The van der Waals surface area contributed by atoms with Crippen LogP contribution in [-0.2, 0) is 16.2 Å². The minimum absolute atomic E-state index is 0.0309. The van der Waals surface area contributed by atoms with Gasteiger partial charge in [0.25, 0.3) is 11.1 Å². The molecule has 3 amide bonds. The number of primary amides is 1. The zero-order chi connectivity index (χ0) is 20.3. The predicted molar refractivity (Wildman–Crippen MR) is 104 cm³/mol. The van der Waals surface area contributed by atoms with Gasteiger partial charge in [-0.15, -0.1) is 0 Å². The number of carbonyl (C=O) groups excluding carboxylic acids is 3. The third-order valence-corrected chi connectivity index (χ3v) is 5.07. The van der Waals surface area contributed by atoms with Crippen LogP contribution in [0.4, 0.5) is 9.18 Å².